The molecular formula is C19H14F3N3O2S. The van der Waals surface area contributed by atoms with Crippen LogP contribution in [0.15, 0.2) is 52.9 Å². The first-order chi connectivity index (χ1) is 13.3. The molecule has 2 N–H and O–H groups in total. The third kappa shape index (κ3) is 4.42. The fraction of sp³-hybridized carbons (Fsp3) is 0.105. The molecule has 0 atom stereocenters. The molecule has 0 fully saturated rings. The Kier molecular flexibility index (Phi) is 5.55. The van der Waals surface area contributed by atoms with Gasteiger partial charge in [-0.25, -0.2) is 4.99 Å². The standard InChI is InChI=1S/C19H14F3N3O2S/c1-11(26)23-16-7-3-2-5-13(16)17(27)25-18-24-15-8-4-6-14(19(20,21)22)12(15)9-10-28-18/h2-10H,1H3,(H,23,26)(H,24,25,27). The lowest BCUT2D eigenvalue weighted by molar-refractivity contribution is -0.137. The third-order valence-electron chi connectivity index (χ3n) is 3.73. The van der Waals surface area contributed by atoms with E-state index in [0.717, 1.165) is 17.8 Å². The van der Waals surface area contributed by atoms with Gasteiger partial charge in [-0.3, -0.25) is 9.59 Å². The van der Waals surface area contributed by atoms with Gasteiger partial charge in [-0.2, -0.15) is 13.2 Å². The Labute approximate surface area is 162 Å². The monoisotopic (exact) mass is 405 g/mol. The summed E-state index contributed by atoms with van der Waals surface area (Å²) in [5.41, 5.74) is -0.235. The van der Waals surface area contributed by atoms with Gasteiger partial charge in [0, 0.05) is 12.5 Å². The molecule has 3 rings (SSSR count). The first kappa shape index (κ1) is 19.7. The molecule has 1 heterocycles. The van der Waals surface area contributed by atoms with Crippen LogP contribution in [0, 0.1) is 0 Å². The lowest BCUT2D eigenvalue weighted by atomic mass is 10.1. The second-order valence-electron chi connectivity index (χ2n) is 5.75. The Morgan fingerprint density at radius 1 is 1.04 bits per heavy atom. The highest BCUT2D eigenvalue weighted by molar-refractivity contribution is 8.16. The lowest BCUT2D eigenvalue weighted by Gasteiger charge is -2.12. The van der Waals surface area contributed by atoms with Gasteiger partial charge in [-0.1, -0.05) is 30.0 Å². The van der Waals surface area contributed by atoms with Gasteiger partial charge < -0.3 is 10.6 Å². The van der Waals surface area contributed by atoms with E-state index in [-0.39, 0.29) is 27.9 Å². The molecule has 0 aromatic heterocycles. The van der Waals surface area contributed by atoms with Crippen LogP contribution >= 0.6 is 11.8 Å². The van der Waals surface area contributed by atoms with Gasteiger partial charge in [-0.15, -0.1) is 0 Å². The SMILES string of the molecule is CC(=O)Nc1ccccc1C(=O)NC1=Nc2cccc(C(F)(F)F)c2C=CS1. The summed E-state index contributed by atoms with van der Waals surface area (Å²) in [5.74, 6) is -0.877. The Morgan fingerprint density at radius 3 is 2.50 bits per heavy atom. The molecule has 0 spiro atoms. The van der Waals surface area contributed by atoms with Crippen LogP contribution in [0.5, 0.6) is 0 Å². The molecule has 5 nitrogen and oxygen atoms in total. The molecule has 9 heteroatoms. The largest absolute Gasteiger partial charge is 0.417 e. The molecular weight excluding hydrogens is 391 g/mol. The number of aliphatic imine (C=N–C) groups is 1. The van der Waals surface area contributed by atoms with Crippen molar-refractivity contribution in [3.8, 4) is 0 Å². The summed E-state index contributed by atoms with van der Waals surface area (Å²) in [4.78, 5) is 28.1. The van der Waals surface area contributed by atoms with E-state index in [0.29, 0.717) is 5.69 Å². The van der Waals surface area contributed by atoms with Crippen LogP contribution in [-0.2, 0) is 11.0 Å². The maximum absolute atomic E-state index is 13.2. The predicted molar refractivity (Wildman–Crippen MR) is 103 cm³/mol. The molecule has 0 unspecified atom stereocenters. The van der Waals surface area contributed by atoms with Crippen molar-refractivity contribution in [1.82, 2.24) is 5.32 Å². The van der Waals surface area contributed by atoms with E-state index in [1.54, 1.807) is 18.2 Å². The number of nitrogens with one attached hydrogen (secondary N) is 2. The number of thioether (sulfide) groups is 1. The van der Waals surface area contributed by atoms with Crippen LogP contribution in [0.25, 0.3) is 6.08 Å². The number of hydrogen-bond acceptors (Lipinski definition) is 4. The van der Waals surface area contributed by atoms with Crippen LogP contribution in [0.1, 0.15) is 28.4 Å². The number of amides is 2. The molecule has 0 bridgehead atoms. The van der Waals surface area contributed by atoms with Crippen molar-refractivity contribution in [2.24, 2.45) is 4.99 Å². The third-order valence-corrected chi connectivity index (χ3v) is 4.42. The molecule has 2 aromatic carbocycles. The summed E-state index contributed by atoms with van der Waals surface area (Å²) in [5, 5.41) is 6.69. The number of carbonyl (C=O) groups excluding carboxylic acids is 2. The number of rotatable bonds is 2. The number of halogens is 3. The van der Waals surface area contributed by atoms with Gasteiger partial charge in [-0.05, 0) is 35.7 Å². The smallest absolute Gasteiger partial charge is 0.326 e. The molecule has 28 heavy (non-hydrogen) atoms. The average molecular weight is 405 g/mol. The number of nitrogens with zero attached hydrogens (tertiary/aromatic N) is 1. The molecule has 144 valence electrons. The highest BCUT2D eigenvalue weighted by Crippen LogP contribution is 2.38. The van der Waals surface area contributed by atoms with Crippen molar-refractivity contribution in [1.29, 1.82) is 0 Å². The van der Waals surface area contributed by atoms with E-state index in [1.165, 1.54) is 36.6 Å². The molecule has 0 aliphatic carbocycles. The van der Waals surface area contributed by atoms with Crippen molar-refractivity contribution in [3.05, 3.63) is 64.6 Å². The highest BCUT2D eigenvalue weighted by atomic mass is 32.2. The predicted octanol–water partition coefficient (Wildman–Crippen LogP) is 4.80. The Hall–Kier alpha value is -3.07. The number of alkyl halides is 3. The number of carbonyl (C=O) groups is 2. The van der Waals surface area contributed by atoms with Gasteiger partial charge >= 0.3 is 6.18 Å². The van der Waals surface area contributed by atoms with E-state index in [9.17, 15) is 22.8 Å². The van der Waals surface area contributed by atoms with Gasteiger partial charge in [0.15, 0.2) is 5.17 Å². The summed E-state index contributed by atoms with van der Waals surface area (Å²) in [7, 11) is 0. The zero-order valence-corrected chi connectivity index (χ0v) is 15.3. The Balaban J connectivity index is 1.91. The van der Waals surface area contributed by atoms with E-state index in [2.05, 4.69) is 15.6 Å². The summed E-state index contributed by atoms with van der Waals surface area (Å²) in [6.07, 6.45) is -3.20. The van der Waals surface area contributed by atoms with Crippen LogP contribution in [0.2, 0.25) is 0 Å². The highest BCUT2D eigenvalue weighted by Gasteiger charge is 2.34. The second kappa shape index (κ2) is 7.89. The molecule has 1 aliphatic rings. The number of hydrogen-bond donors (Lipinski definition) is 2. The van der Waals surface area contributed by atoms with Crippen molar-refractivity contribution >= 4 is 46.2 Å². The van der Waals surface area contributed by atoms with Crippen molar-refractivity contribution < 1.29 is 22.8 Å². The quantitative estimate of drug-likeness (QED) is 0.754. The Bertz CT molecular complexity index is 1000. The number of anilines is 1. The minimum absolute atomic E-state index is 0.0644. The molecule has 1 aliphatic heterocycles. The molecule has 0 saturated carbocycles. The van der Waals surface area contributed by atoms with Crippen molar-refractivity contribution in [2.45, 2.75) is 13.1 Å². The molecule has 0 radical (unpaired) electrons. The number of amidine groups is 1. The summed E-state index contributed by atoms with van der Waals surface area (Å²) in [6.45, 7) is 1.32. The first-order valence-electron chi connectivity index (χ1n) is 8.06. The maximum Gasteiger partial charge on any atom is 0.417 e. The summed E-state index contributed by atoms with van der Waals surface area (Å²) < 4.78 is 39.6. The van der Waals surface area contributed by atoms with Gasteiger partial charge in [0.25, 0.3) is 5.91 Å². The lowest BCUT2D eigenvalue weighted by Crippen LogP contribution is -2.29. The van der Waals surface area contributed by atoms with Crippen molar-refractivity contribution in [3.63, 3.8) is 0 Å². The zero-order chi connectivity index (χ0) is 20.3. The van der Waals surface area contributed by atoms with Gasteiger partial charge in [0.2, 0.25) is 5.91 Å². The zero-order valence-electron chi connectivity index (χ0n) is 14.5. The average Bonchev–Trinajstić information content (AvgIpc) is 2.82. The first-order valence-corrected chi connectivity index (χ1v) is 8.94. The van der Waals surface area contributed by atoms with Crippen molar-refractivity contribution in [2.75, 3.05) is 5.32 Å². The number of para-hydroxylation sites is 1. The van der Waals surface area contributed by atoms with Gasteiger partial charge in [0.1, 0.15) is 0 Å². The van der Waals surface area contributed by atoms with E-state index in [4.69, 9.17) is 0 Å². The van der Waals surface area contributed by atoms with Crippen LogP contribution in [0.4, 0.5) is 24.5 Å². The minimum Gasteiger partial charge on any atom is -0.326 e. The van der Waals surface area contributed by atoms with Crippen LogP contribution < -0.4 is 10.6 Å². The second-order valence-corrected chi connectivity index (χ2v) is 6.65. The van der Waals surface area contributed by atoms with Crippen LogP contribution in [0.3, 0.4) is 0 Å². The van der Waals surface area contributed by atoms with Gasteiger partial charge in [0.05, 0.1) is 22.5 Å². The molecule has 2 aromatic rings. The fourth-order valence-electron chi connectivity index (χ4n) is 2.58. The summed E-state index contributed by atoms with van der Waals surface area (Å²) >= 11 is 0.986. The molecule has 2 amide bonds. The number of fused-ring (bicyclic) bond motifs is 1. The fourth-order valence-corrected chi connectivity index (χ4v) is 3.21. The summed E-state index contributed by atoms with van der Waals surface area (Å²) in [6, 6.07) is 10.1. The maximum atomic E-state index is 13.2. The number of benzene rings is 2. The normalized spacial score (nSPS) is 13.2. The molecule has 0 saturated heterocycles. The van der Waals surface area contributed by atoms with Crippen LogP contribution in [-0.4, -0.2) is 17.0 Å². The van der Waals surface area contributed by atoms with E-state index < -0.39 is 17.6 Å². The van der Waals surface area contributed by atoms with E-state index in [1.807, 2.05) is 0 Å². The minimum atomic E-state index is -4.51. The topological polar surface area (TPSA) is 70.6 Å². The van der Waals surface area contributed by atoms with E-state index >= 15 is 0 Å². The Morgan fingerprint density at radius 2 is 1.79 bits per heavy atom.